The van der Waals surface area contributed by atoms with Crippen LogP contribution in [0.15, 0.2) is 35.2 Å². The van der Waals surface area contributed by atoms with Gasteiger partial charge in [-0.1, -0.05) is 31.0 Å². The summed E-state index contributed by atoms with van der Waals surface area (Å²) in [4.78, 5) is 26.0. The standard InChI is InChI=1S/C16H21NO3S/c18-15(10-11-21-14-8-2-1-3-9-14)17(12-16(19)20)13-6-4-5-7-13/h1-3,8-9,13H,4-7,10-12H2,(H,19,20). The lowest BCUT2D eigenvalue weighted by Crippen LogP contribution is -2.42. The molecule has 1 aromatic rings. The summed E-state index contributed by atoms with van der Waals surface area (Å²) in [5, 5.41) is 9.00. The van der Waals surface area contributed by atoms with Gasteiger partial charge < -0.3 is 10.0 Å². The van der Waals surface area contributed by atoms with Crippen LogP contribution in [-0.4, -0.2) is 40.2 Å². The number of hydrogen-bond acceptors (Lipinski definition) is 3. The zero-order valence-electron chi connectivity index (χ0n) is 12.0. The third kappa shape index (κ3) is 5.08. The Morgan fingerprint density at radius 2 is 1.86 bits per heavy atom. The molecule has 1 amide bonds. The summed E-state index contributed by atoms with van der Waals surface area (Å²) >= 11 is 1.63. The molecule has 1 aliphatic rings. The van der Waals surface area contributed by atoms with Gasteiger partial charge in [0, 0.05) is 23.1 Å². The van der Waals surface area contributed by atoms with Crippen molar-refractivity contribution in [2.24, 2.45) is 0 Å². The Morgan fingerprint density at radius 1 is 1.19 bits per heavy atom. The first-order valence-corrected chi connectivity index (χ1v) is 8.34. The van der Waals surface area contributed by atoms with Crippen molar-refractivity contribution in [3.05, 3.63) is 30.3 Å². The number of carboxylic acid groups (broad SMARTS) is 1. The molecular weight excluding hydrogens is 286 g/mol. The van der Waals surface area contributed by atoms with Gasteiger partial charge in [0.1, 0.15) is 6.54 Å². The second-order valence-corrected chi connectivity index (χ2v) is 6.43. The van der Waals surface area contributed by atoms with Crippen molar-refractivity contribution in [2.45, 2.75) is 43.0 Å². The normalized spacial score (nSPS) is 15.0. The molecule has 114 valence electrons. The number of amides is 1. The van der Waals surface area contributed by atoms with Crippen LogP contribution in [0.1, 0.15) is 32.1 Å². The minimum Gasteiger partial charge on any atom is -0.480 e. The lowest BCUT2D eigenvalue weighted by atomic mass is 10.2. The zero-order chi connectivity index (χ0) is 15.1. The Bertz CT molecular complexity index is 472. The summed E-state index contributed by atoms with van der Waals surface area (Å²) < 4.78 is 0. The monoisotopic (exact) mass is 307 g/mol. The van der Waals surface area contributed by atoms with E-state index in [4.69, 9.17) is 5.11 Å². The average molecular weight is 307 g/mol. The lowest BCUT2D eigenvalue weighted by Gasteiger charge is -2.27. The van der Waals surface area contributed by atoms with Crippen molar-refractivity contribution in [3.63, 3.8) is 0 Å². The molecule has 0 unspecified atom stereocenters. The summed E-state index contributed by atoms with van der Waals surface area (Å²) in [5.74, 6) is -0.273. The molecule has 0 saturated heterocycles. The Morgan fingerprint density at radius 3 is 2.48 bits per heavy atom. The van der Waals surface area contributed by atoms with E-state index in [1.807, 2.05) is 30.3 Å². The molecular formula is C16H21NO3S. The fraction of sp³-hybridized carbons (Fsp3) is 0.500. The molecule has 1 N–H and O–H groups in total. The topological polar surface area (TPSA) is 57.6 Å². The number of hydrogen-bond donors (Lipinski definition) is 1. The maximum Gasteiger partial charge on any atom is 0.323 e. The number of nitrogens with zero attached hydrogens (tertiary/aromatic N) is 1. The van der Waals surface area contributed by atoms with Crippen molar-refractivity contribution in [1.82, 2.24) is 4.90 Å². The van der Waals surface area contributed by atoms with E-state index < -0.39 is 5.97 Å². The first-order valence-electron chi connectivity index (χ1n) is 7.36. The molecule has 0 aromatic heterocycles. The minimum atomic E-state index is -0.925. The highest BCUT2D eigenvalue weighted by molar-refractivity contribution is 7.99. The van der Waals surface area contributed by atoms with Gasteiger partial charge in [-0.15, -0.1) is 11.8 Å². The number of carbonyl (C=O) groups is 2. The van der Waals surface area contributed by atoms with Crippen LogP contribution in [0.3, 0.4) is 0 Å². The molecule has 1 saturated carbocycles. The van der Waals surface area contributed by atoms with Crippen LogP contribution in [0.2, 0.25) is 0 Å². The van der Waals surface area contributed by atoms with Crippen molar-refractivity contribution in [3.8, 4) is 0 Å². The Hall–Kier alpha value is -1.49. The summed E-state index contributed by atoms with van der Waals surface area (Å²) in [6.45, 7) is -0.167. The van der Waals surface area contributed by atoms with Gasteiger partial charge in [-0.2, -0.15) is 0 Å². The predicted molar refractivity (Wildman–Crippen MR) is 83.4 cm³/mol. The van der Waals surface area contributed by atoms with Gasteiger partial charge in [0.2, 0.25) is 5.91 Å². The second kappa shape index (κ2) is 8.08. The van der Waals surface area contributed by atoms with Gasteiger partial charge in [0.05, 0.1) is 0 Å². The highest BCUT2D eigenvalue weighted by Crippen LogP contribution is 2.25. The van der Waals surface area contributed by atoms with E-state index in [2.05, 4.69) is 0 Å². The maximum atomic E-state index is 12.3. The van der Waals surface area contributed by atoms with E-state index in [0.717, 1.165) is 30.6 Å². The number of thioether (sulfide) groups is 1. The number of benzene rings is 1. The van der Waals surface area contributed by atoms with E-state index in [1.165, 1.54) is 0 Å². The second-order valence-electron chi connectivity index (χ2n) is 5.27. The first-order chi connectivity index (χ1) is 10.2. The molecule has 1 aromatic carbocycles. The summed E-state index contributed by atoms with van der Waals surface area (Å²) in [6.07, 6.45) is 4.44. The van der Waals surface area contributed by atoms with Crippen LogP contribution in [0, 0.1) is 0 Å². The van der Waals surface area contributed by atoms with E-state index in [1.54, 1.807) is 16.7 Å². The number of carboxylic acids is 1. The number of rotatable bonds is 7. The van der Waals surface area contributed by atoms with Crippen LogP contribution < -0.4 is 0 Å². The lowest BCUT2D eigenvalue weighted by molar-refractivity contribution is -0.146. The molecule has 0 radical (unpaired) electrons. The molecule has 2 rings (SSSR count). The highest BCUT2D eigenvalue weighted by Gasteiger charge is 2.27. The van der Waals surface area contributed by atoms with E-state index in [-0.39, 0.29) is 18.5 Å². The summed E-state index contributed by atoms with van der Waals surface area (Å²) in [5.41, 5.74) is 0. The molecule has 0 spiro atoms. The van der Waals surface area contributed by atoms with Gasteiger partial charge >= 0.3 is 5.97 Å². The average Bonchev–Trinajstić information content (AvgIpc) is 2.99. The smallest absolute Gasteiger partial charge is 0.323 e. The van der Waals surface area contributed by atoms with Gasteiger partial charge in [-0.05, 0) is 25.0 Å². The Labute approximate surface area is 129 Å². The van der Waals surface area contributed by atoms with E-state index in [0.29, 0.717) is 12.2 Å². The highest BCUT2D eigenvalue weighted by atomic mass is 32.2. The Balaban J connectivity index is 1.84. The molecule has 4 nitrogen and oxygen atoms in total. The minimum absolute atomic E-state index is 0.0345. The maximum absolute atomic E-state index is 12.3. The summed E-state index contributed by atoms with van der Waals surface area (Å²) in [6, 6.07) is 10.1. The third-order valence-electron chi connectivity index (χ3n) is 3.72. The van der Waals surface area contributed by atoms with Crippen LogP contribution in [0.4, 0.5) is 0 Å². The van der Waals surface area contributed by atoms with Crippen LogP contribution in [0.5, 0.6) is 0 Å². The van der Waals surface area contributed by atoms with E-state index in [9.17, 15) is 9.59 Å². The molecule has 0 bridgehead atoms. The number of aliphatic carboxylic acids is 1. The molecule has 0 heterocycles. The van der Waals surface area contributed by atoms with Crippen LogP contribution >= 0.6 is 11.8 Å². The van der Waals surface area contributed by atoms with E-state index >= 15 is 0 Å². The van der Waals surface area contributed by atoms with Gasteiger partial charge in [-0.25, -0.2) is 0 Å². The SMILES string of the molecule is O=C(O)CN(C(=O)CCSc1ccccc1)C1CCCC1. The van der Waals surface area contributed by atoms with Crippen LogP contribution in [-0.2, 0) is 9.59 Å². The molecule has 0 atom stereocenters. The Kier molecular flexibility index (Phi) is 6.11. The molecule has 21 heavy (non-hydrogen) atoms. The molecule has 1 aliphatic carbocycles. The number of carbonyl (C=O) groups excluding carboxylic acids is 1. The summed E-state index contributed by atoms with van der Waals surface area (Å²) in [7, 11) is 0. The largest absolute Gasteiger partial charge is 0.480 e. The first kappa shape index (κ1) is 15.9. The van der Waals surface area contributed by atoms with Crippen molar-refractivity contribution in [1.29, 1.82) is 0 Å². The fourth-order valence-corrected chi connectivity index (χ4v) is 3.56. The molecule has 5 heteroatoms. The van der Waals surface area contributed by atoms with Crippen molar-refractivity contribution in [2.75, 3.05) is 12.3 Å². The van der Waals surface area contributed by atoms with Crippen molar-refractivity contribution >= 4 is 23.6 Å². The predicted octanol–water partition coefficient (Wildman–Crippen LogP) is 3.02. The van der Waals surface area contributed by atoms with Crippen LogP contribution in [0.25, 0.3) is 0 Å². The van der Waals surface area contributed by atoms with Crippen molar-refractivity contribution < 1.29 is 14.7 Å². The van der Waals surface area contributed by atoms with Gasteiger partial charge in [-0.3, -0.25) is 9.59 Å². The van der Waals surface area contributed by atoms with Gasteiger partial charge in [0.15, 0.2) is 0 Å². The van der Waals surface area contributed by atoms with Gasteiger partial charge in [0.25, 0.3) is 0 Å². The quantitative estimate of drug-likeness (QED) is 0.787. The third-order valence-corrected chi connectivity index (χ3v) is 4.73. The fourth-order valence-electron chi connectivity index (χ4n) is 2.70. The molecule has 1 fully saturated rings. The molecule has 0 aliphatic heterocycles. The zero-order valence-corrected chi connectivity index (χ0v) is 12.8.